The molecule has 0 bridgehead atoms. The summed E-state index contributed by atoms with van der Waals surface area (Å²) in [6.07, 6.45) is 0. The minimum atomic E-state index is -3.97. The molecule has 3 aromatic rings. The van der Waals surface area contributed by atoms with Gasteiger partial charge in [0.1, 0.15) is 0 Å². The van der Waals surface area contributed by atoms with Crippen molar-refractivity contribution in [3.8, 4) is 0 Å². The number of sulfonamides is 2. The molecule has 1 aliphatic heterocycles. The van der Waals surface area contributed by atoms with Crippen LogP contribution in [0.1, 0.15) is 12.5 Å². The molecule has 0 N–H and O–H groups in total. The number of benzene rings is 3. The number of carbonyl (C=O) groups is 1. The topological polar surface area (TPSA) is 91.8 Å². The molecule has 32 heavy (non-hydrogen) atoms. The molecule has 1 aliphatic rings. The van der Waals surface area contributed by atoms with Crippen molar-refractivity contribution in [2.75, 3.05) is 14.4 Å². The van der Waals surface area contributed by atoms with Crippen LogP contribution in [-0.4, -0.2) is 28.5 Å². The second-order valence-electron chi connectivity index (χ2n) is 7.61. The molecule has 1 fully saturated rings. The molecule has 1 saturated heterocycles. The fraction of sp³-hybridized carbons (Fsp3) is 0.174. The molecular weight excluding hydrogens is 448 g/mol. The summed E-state index contributed by atoms with van der Waals surface area (Å²) in [6.45, 7) is 1.69. The van der Waals surface area contributed by atoms with Crippen molar-refractivity contribution in [2.24, 2.45) is 5.92 Å². The Kier molecular flexibility index (Phi) is 5.79. The highest BCUT2D eigenvalue weighted by Gasteiger charge is 2.42. The number of amides is 1. The van der Waals surface area contributed by atoms with Gasteiger partial charge in [-0.3, -0.25) is 9.10 Å². The van der Waals surface area contributed by atoms with Gasteiger partial charge in [0.25, 0.3) is 10.0 Å². The Morgan fingerprint density at radius 1 is 0.906 bits per heavy atom. The highest BCUT2D eigenvalue weighted by Crippen LogP contribution is 2.31. The first-order valence-corrected chi connectivity index (χ1v) is 13.0. The quantitative estimate of drug-likeness (QED) is 0.551. The van der Waals surface area contributed by atoms with E-state index in [-0.39, 0.29) is 22.9 Å². The maximum absolute atomic E-state index is 13.5. The van der Waals surface area contributed by atoms with Crippen LogP contribution in [0.4, 0.5) is 11.4 Å². The van der Waals surface area contributed by atoms with E-state index in [4.69, 9.17) is 0 Å². The minimum absolute atomic E-state index is 0.00173. The van der Waals surface area contributed by atoms with Gasteiger partial charge in [-0.05, 0) is 42.0 Å². The van der Waals surface area contributed by atoms with Crippen LogP contribution in [0.5, 0.6) is 0 Å². The molecule has 0 radical (unpaired) electrons. The van der Waals surface area contributed by atoms with Crippen LogP contribution in [0, 0.1) is 5.92 Å². The molecule has 0 aliphatic carbocycles. The molecule has 7 nitrogen and oxygen atoms in total. The number of hydrogen-bond donors (Lipinski definition) is 0. The zero-order valence-electron chi connectivity index (χ0n) is 17.3. The van der Waals surface area contributed by atoms with Crippen molar-refractivity contribution in [3.05, 3.63) is 90.5 Å². The minimum Gasteiger partial charge on any atom is -0.273 e. The molecule has 0 saturated carbocycles. The lowest BCUT2D eigenvalue weighted by molar-refractivity contribution is -0.119. The summed E-state index contributed by atoms with van der Waals surface area (Å²) < 4.78 is 53.8. The van der Waals surface area contributed by atoms with Gasteiger partial charge in [0.15, 0.2) is 0 Å². The van der Waals surface area contributed by atoms with E-state index in [0.717, 1.165) is 9.87 Å². The van der Waals surface area contributed by atoms with Gasteiger partial charge in [-0.1, -0.05) is 55.5 Å². The Bertz CT molecular complexity index is 1320. The predicted octanol–water partition coefficient (Wildman–Crippen LogP) is 3.39. The van der Waals surface area contributed by atoms with E-state index in [1.807, 2.05) is 30.3 Å². The van der Waals surface area contributed by atoms with Crippen LogP contribution in [0.15, 0.2) is 89.8 Å². The van der Waals surface area contributed by atoms with Crippen molar-refractivity contribution in [1.82, 2.24) is 0 Å². The second kappa shape index (κ2) is 8.40. The van der Waals surface area contributed by atoms with Gasteiger partial charge >= 0.3 is 0 Å². The van der Waals surface area contributed by atoms with Crippen molar-refractivity contribution >= 4 is 37.3 Å². The van der Waals surface area contributed by atoms with E-state index in [1.54, 1.807) is 37.3 Å². The van der Waals surface area contributed by atoms with Crippen molar-refractivity contribution in [2.45, 2.75) is 18.4 Å². The SMILES string of the molecule is CC1CS(=O)(=O)N(c2ccc(S(=O)(=O)N(Cc3ccccc3)c3ccccc3)cc2)C1=O. The molecule has 3 aromatic carbocycles. The first kappa shape index (κ1) is 22.0. The summed E-state index contributed by atoms with van der Waals surface area (Å²) in [6, 6.07) is 23.4. The average molecular weight is 471 g/mol. The fourth-order valence-electron chi connectivity index (χ4n) is 3.63. The number of anilines is 2. The largest absolute Gasteiger partial charge is 0.273 e. The van der Waals surface area contributed by atoms with Crippen molar-refractivity contribution in [1.29, 1.82) is 0 Å². The Morgan fingerprint density at radius 3 is 2.00 bits per heavy atom. The number of carbonyl (C=O) groups excluding carboxylic acids is 1. The lowest BCUT2D eigenvalue weighted by atomic mass is 10.2. The van der Waals surface area contributed by atoms with E-state index in [0.29, 0.717) is 5.69 Å². The average Bonchev–Trinajstić information content (AvgIpc) is 2.99. The predicted molar refractivity (Wildman–Crippen MR) is 123 cm³/mol. The van der Waals surface area contributed by atoms with E-state index >= 15 is 0 Å². The summed E-state index contributed by atoms with van der Waals surface area (Å²) in [5.41, 5.74) is 1.46. The van der Waals surface area contributed by atoms with Crippen LogP contribution < -0.4 is 8.61 Å². The van der Waals surface area contributed by atoms with Crippen LogP contribution in [0.2, 0.25) is 0 Å². The first-order valence-electron chi connectivity index (χ1n) is 9.99. The Morgan fingerprint density at radius 2 is 1.47 bits per heavy atom. The third-order valence-corrected chi connectivity index (χ3v) is 8.89. The first-order chi connectivity index (χ1) is 15.2. The van der Waals surface area contributed by atoms with Gasteiger partial charge in [0.05, 0.1) is 34.5 Å². The summed E-state index contributed by atoms with van der Waals surface area (Å²) in [5.74, 6) is -1.41. The number of nitrogens with zero attached hydrogens (tertiary/aromatic N) is 2. The molecule has 9 heteroatoms. The summed E-state index contributed by atoms with van der Waals surface area (Å²) in [5, 5.41) is 0. The molecule has 1 heterocycles. The summed E-state index contributed by atoms with van der Waals surface area (Å²) in [7, 11) is -7.73. The van der Waals surface area contributed by atoms with Gasteiger partial charge in [-0.2, -0.15) is 0 Å². The highest BCUT2D eigenvalue weighted by molar-refractivity contribution is 7.94. The van der Waals surface area contributed by atoms with Crippen LogP contribution >= 0.6 is 0 Å². The van der Waals surface area contributed by atoms with Gasteiger partial charge < -0.3 is 0 Å². The zero-order valence-corrected chi connectivity index (χ0v) is 19.0. The molecule has 0 aromatic heterocycles. The molecule has 1 unspecified atom stereocenters. The van der Waals surface area contributed by atoms with E-state index in [9.17, 15) is 21.6 Å². The molecule has 1 amide bonds. The second-order valence-corrected chi connectivity index (χ2v) is 11.3. The standard InChI is InChI=1S/C23H22N2O5S2/c1-18-17-31(27,28)25(23(18)26)21-12-14-22(15-13-21)32(29,30)24(20-10-6-3-7-11-20)16-19-8-4-2-5-9-19/h2-15,18H,16-17H2,1H3. The van der Waals surface area contributed by atoms with Gasteiger partial charge in [0, 0.05) is 0 Å². The van der Waals surface area contributed by atoms with Gasteiger partial charge in [-0.25, -0.2) is 21.1 Å². The summed E-state index contributed by atoms with van der Waals surface area (Å²) >= 11 is 0. The highest BCUT2D eigenvalue weighted by atomic mass is 32.2. The molecule has 4 rings (SSSR count). The maximum atomic E-state index is 13.5. The normalized spacial score (nSPS) is 18.0. The monoisotopic (exact) mass is 470 g/mol. The Labute approximate surface area is 188 Å². The van der Waals surface area contributed by atoms with Crippen molar-refractivity contribution in [3.63, 3.8) is 0 Å². The van der Waals surface area contributed by atoms with Crippen LogP contribution in [0.3, 0.4) is 0 Å². The zero-order chi connectivity index (χ0) is 22.9. The number of rotatable bonds is 6. The summed E-state index contributed by atoms with van der Waals surface area (Å²) in [4.78, 5) is 12.3. The van der Waals surface area contributed by atoms with Crippen LogP contribution in [-0.2, 0) is 31.4 Å². The molecule has 166 valence electrons. The molecule has 1 atom stereocenters. The number of hydrogen-bond acceptors (Lipinski definition) is 5. The smallest absolute Gasteiger partial charge is 0.264 e. The van der Waals surface area contributed by atoms with E-state index < -0.39 is 31.9 Å². The third-order valence-electron chi connectivity index (χ3n) is 5.23. The fourth-order valence-corrected chi connectivity index (χ4v) is 6.90. The molecular formula is C23H22N2O5S2. The lowest BCUT2D eigenvalue weighted by Crippen LogP contribution is -2.31. The Hall–Kier alpha value is -3.17. The van der Waals surface area contributed by atoms with E-state index in [1.165, 1.54) is 28.6 Å². The maximum Gasteiger partial charge on any atom is 0.264 e. The number of para-hydroxylation sites is 1. The molecule has 0 spiro atoms. The van der Waals surface area contributed by atoms with Gasteiger partial charge in [-0.15, -0.1) is 0 Å². The van der Waals surface area contributed by atoms with Crippen molar-refractivity contribution < 1.29 is 21.6 Å². The van der Waals surface area contributed by atoms with E-state index in [2.05, 4.69) is 0 Å². The third kappa shape index (κ3) is 4.13. The van der Waals surface area contributed by atoms with Crippen LogP contribution in [0.25, 0.3) is 0 Å². The Balaban J connectivity index is 1.71. The lowest BCUT2D eigenvalue weighted by Gasteiger charge is -2.25. The van der Waals surface area contributed by atoms with Gasteiger partial charge in [0.2, 0.25) is 15.9 Å².